The molecular formula is C32H38ClN7O8S2. The Morgan fingerprint density at radius 3 is 2.62 bits per heavy atom. The number of rotatable bonds is 15. The van der Waals surface area contributed by atoms with Crippen LogP contribution < -0.4 is 29.6 Å². The minimum atomic E-state index is -3.95. The number of nitrogens with one attached hydrogen (secondary N) is 1. The first-order valence-corrected chi connectivity index (χ1v) is 18.9. The Hall–Kier alpha value is -4.22. The van der Waals surface area contributed by atoms with Gasteiger partial charge < -0.3 is 29.7 Å². The number of fused-ring (bicyclic) bond motifs is 1. The molecule has 18 heteroatoms. The predicted molar refractivity (Wildman–Crippen MR) is 186 cm³/mol. The largest absolute Gasteiger partial charge is 0.494 e. The molecule has 3 heterocycles. The van der Waals surface area contributed by atoms with Crippen LogP contribution in [0.5, 0.6) is 17.5 Å². The lowest BCUT2D eigenvalue weighted by Gasteiger charge is -2.39. The van der Waals surface area contributed by atoms with E-state index < -0.39 is 62.6 Å². The maximum atomic E-state index is 14.7. The summed E-state index contributed by atoms with van der Waals surface area (Å²) >= 11 is 7.12. The lowest BCUT2D eigenvalue weighted by Crippen LogP contribution is -2.61. The fraction of sp³-hybridized carbons (Fsp3) is 0.500. The summed E-state index contributed by atoms with van der Waals surface area (Å²) in [6.45, 7) is 7.55. The number of benzene rings is 1. The zero-order valence-corrected chi connectivity index (χ0v) is 30.1. The Balaban J connectivity index is 1.36. The molecule has 1 aliphatic heterocycles. The first kappa shape index (κ1) is 35.6. The highest BCUT2D eigenvalue weighted by Gasteiger charge is 2.67. The number of halogens is 1. The van der Waals surface area contributed by atoms with Crippen LogP contribution in [0, 0.1) is 5.92 Å². The van der Waals surface area contributed by atoms with Crippen molar-refractivity contribution in [2.75, 3.05) is 25.2 Å². The summed E-state index contributed by atoms with van der Waals surface area (Å²) in [4.78, 5) is 49.0. The second-order valence-corrected chi connectivity index (χ2v) is 15.4. The summed E-state index contributed by atoms with van der Waals surface area (Å²) in [5.41, 5.74) is 4.30. The Kier molecular flexibility index (Phi) is 9.85. The number of nitrogens with zero attached hydrogens (tertiary/aromatic N) is 5. The minimum Gasteiger partial charge on any atom is -0.494 e. The number of nitrogens with two attached hydrogens (primary N) is 1. The molecule has 1 aromatic carbocycles. The molecule has 3 aromatic rings. The smallest absolute Gasteiger partial charge is 0.270 e. The summed E-state index contributed by atoms with van der Waals surface area (Å²) in [6.07, 6.45) is 3.62. The number of carbonyl (C=O) groups excluding carboxylic acids is 3. The number of pyridine rings is 1. The maximum Gasteiger partial charge on any atom is 0.270 e. The standard InChI is InChI=1S/C32H38ClN7O8S2/c1-5-17-14-32(17,31(43)38-50(44,45)20-9-10-20)40(27-29(47-7-3)37-49-36-27)23(6-2)30(42)39-16-19(13-24(39)26(34)41)48-28-22-12-18(33)8-11-21(22)25(46-4)15-35-28/h5,8,11-12,15,17,19-20,23-24H,1,6-7,9-10,13-14,16H2,2-4H3,(H2,34,41)(H,38,43)/t17-,19-,23-,24+,32-/m1/s1. The molecular weight excluding hydrogens is 710 g/mol. The number of carbonyl (C=O) groups is 3. The molecule has 2 saturated carbocycles. The lowest BCUT2D eigenvalue weighted by atomic mass is 10.0. The number of anilines is 1. The highest BCUT2D eigenvalue weighted by molar-refractivity contribution is 7.91. The number of aromatic nitrogens is 3. The van der Waals surface area contributed by atoms with Gasteiger partial charge in [-0.1, -0.05) is 24.6 Å². The number of primary amides is 1. The first-order chi connectivity index (χ1) is 23.9. The molecule has 6 rings (SSSR count). The Labute approximate surface area is 298 Å². The van der Waals surface area contributed by atoms with E-state index in [1.54, 1.807) is 38.1 Å². The van der Waals surface area contributed by atoms with Gasteiger partial charge in [0.1, 0.15) is 29.5 Å². The second kappa shape index (κ2) is 13.8. The molecule has 0 unspecified atom stereocenters. The van der Waals surface area contributed by atoms with E-state index in [0.29, 0.717) is 34.4 Å². The molecule has 15 nitrogen and oxygen atoms in total. The van der Waals surface area contributed by atoms with Crippen LogP contribution in [0.2, 0.25) is 5.02 Å². The van der Waals surface area contributed by atoms with Crippen LogP contribution in [0.4, 0.5) is 5.82 Å². The third kappa shape index (κ3) is 6.41. The van der Waals surface area contributed by atoms with Gasteiger partial charge in [0, 0.05) is 28.1 Å². The van der Waals surface area contributed by atoms with E-state index >= 15 is 0 Å². The van der Waals surface area contributed by atoms with Crippen molar-refractivity contribution in [3.8, 4) is 17.5 Å². The van der Waals surface area contributed by atoms with E-state index in [4.69, 9.17) is 31.5 Å². The quantitative estimate of drug-likeness (QED) is 0.216. The number of sulfonamides is 1. The maximum absolute atomic E-state index is 14.7. The van der Waals surface area contributed by atoms with E-state index in [9.17, 15) is 22.8 Å². The third-order valence-corrected chi connectivity index (χ3v) is 11.9. The molecule has 2 aliphatic carbocycles. The van der Waals surface area contributed by atoms with E-state index in [1.165, 1.54) is 23.1 Å². The minimum absolute atomic E-state index is 0.0413. The fourth-order valence-corrected chi connectivity index (χ4v) is 8.70. The fourth-order valence-electron chi connectivity index (χ4n) is 6.68. The molecule has 3 amide bonds. The molecule has 3 N–H and O–H groups in total. The second-order valence-electron chi connectivity index (χ2n) is 12.5. The van der Waals surface area contributed by atoms with Crippen molar-refractivity contribution in [1.82, 2.24) is 23.4 Å². The number of ether oxygens (including phenoxy) is 3. The molecule has 2 aromatic heterocycles. The van der Waals surface area contributed by atoms with Gasteiger partial charge in [0.15, 0.2) is 0 Å². The molecule has 50 heavy (non-hydrogen) atoms. The zero-order valence-electron chi connectivity index (χ0n) is 27.7. The van der Waals surface area contributed by atoms with Crippen LogP contribution in [0.3, 0.4) is 0 Å². The Morgan fingerprint density at radius 1 is 1.24 bits per heavy atom. The summed E-state index contributed by atoms with van der Waals surface area (Å²) < 4.78 is 54.5. The van der Waals surface area contributed by atoms with Gasteiger partial charge in [-0.05, 0) is 50.8 Å². The molecule has 3 aliphatic rings. The SMILES string of the molecule is C=C[C@@H]1C[C@@]1(C(=O)NS(=O)(=O)C1CC1)N(c1nsnc1OCC)[C@H](CC)C(=O)N1C[C@H](Oc2ncc(OC)c3ccc(Cl)cc23)C[C@H]1C(N)=O. The number of hydrogen-bond donors (Lipinski definition) is 2. The van der Waals surface area contributed by atoms with Crippen molar-refractivity contribution in [3.63, 3.8) is 0 Å². The Morgan fingerprint density at radius 2 is 2.00 bits per heavy atom. The molecule has 0 spiro atoms. The van der Waals surface area contributed by atoms with E-state index in [0.717, 1.165) is 11.7 Å². The van der Waals surface area contributed by atoms with Crippen LogP contribution in [0.1, 0.15) is 46.0 Å². The van der Waals surface area contributed by atoms with Crippen molar-refractivity contribution in [3.05, 3.63) is 42.1 Å². The lowest BCUT2D eigenvalue weighted by molar-refractivity contribution is -0.139. The number of likely N-dealkylation sites (tertiary alicyclic amines) is 1. The van der Waals surface area contributed by atoms with Gasteiger partial charge in [-0.15, -0.1) is 11.0 Å². The highest BCUT2D eigenvalue weighted by atomic mass is 35.5. The number of amides is 3. The molecule has 3 fully saturated rings. The molecule has 5 atom stereocenters. The summed E-state index contributed by atoms with van der Waals surface area (Å²) in [6, 6.07) is 2.99. The normalized spacial score (nSPS) is 23.6. The monoisotopic (exact) mass is 747 g/mol. The van der Waals surface area contributed by atoms with Crippen LogP contribution >= 0.6 is 23.3 Å². The zero-order chi connectivity index (χ0) is 36.0. The van der Waals surface area contributed by atoms with E-state index in [-0.39, 0.29) is 50.0 Å². The van der Waals surface area contributed by atoms with Crippen molar-refractivity contribution in [1.29, 1.82) is 0 Å². The van der Waals surface area contributed by atoms with Crippen molar-refractivity contribution < 1.29 is 37.0 Å². The summed E-state index contributed by atoms with van der Waals surface area (Å²) in [7, 11) is -2.43. The summed E-state index contributed by atoms with van der Waals surface area (Å²) in [5, 5.41) is 1.07. The van der Waals surface area contributed by atoms with Crippen molar-refractivity contribution in [2.45, 2.75) is 74.9 Å². The van der Waals surface area contributed by atoms with Gasteiger partial charge in [0.05, 0.1) is 43.4 Å². The van der Waals surface area contributed by atoms with Crippen molar-refractivity contribution in [2.24, 2.45) is 11.7 Å². The molecule has 0 radical (unpaired) electrons. The van der Waals surface area contributed by atoms with Crippen LogP contribution in [0.15, 0.2) is 37.1 Å². The van der Waals surface area contributed by atoms with Gasteiger partial charge in [-0.2, -0.15) is 4.37 Å². The van der Waals surface area contributed by atoms with Crippen LogP contribution in [0.25, 0.3) is 10.8 Å². The van der Waals surface area contributed by atoms with Gasteiger partial charge in [0.25, 0.3) is 11.8 Å². The van der Waals surface area contributed by atoms with Crippen LogP contribution in [-0.4, -0.2) is 94.0 Å². The third-order valence-electron chi connectivity index (χ3n) is 9.37. The van der Waals surface area contributed by atoms with Gasteiger partial charge in [-0.25, -0.2) is 13.4 Å². The van der Waals surface area contributed by atoms with Gasteiger partial charge in [0.2, 0.25) is 33.5 Å². The van der Waals surface area contributed by atoms with Crippen LogP contribution in [-0.2, 0) is 24.4 Å². The first-order valence-electron chi connectivity index (χ1n) is 16.2. The molecule has 0 bridgehead atoms. The average molecular weight is 748 g/mol. The molecule has 268 valence electrons. The topological polar surface area (TPSA) is 196 Å². The summed E-state index contributed by atoms with van der Waals surface area (Å²) in [5.74, 6) is -1.70. The molecule has 1 saturated heterocycles. The van der Waals surface area contributed by atoms with E-state index in [1.807, 2.05) is 0 Å². The Bertz CT molecular complexity index is 1940. The predicted octanol–water partition coefficient (Wildman–Crippen LogP) is 2.82. The van der Waals surface area contributed by atoms with Crippen molar-refractivity contribution >= 4 is 67.7 Å². The van der Waals surface area contributed by atoms with Gasteiger partial charge >= 0.3 is 0 Å². The van der Waals surface area contributed by atoms with E-state index in [2.05, 4.69) is 25.0 Å². The number of hydrogen-bond acceptors (Lipinski definition) is 13. The van der Waals surface area contributed by atoms with Gasteiger partial charge in [-0.3, -0.25) is 19.1 Å². The highest BCUT2D eigenvalue weighted by Crippen LogP contribution is 2.54. The average Bonchev–Trinajstić information content (AvgIpc) is 3.99. The number of methoxy groups -OCH3 is 1.